The monoisotopic (exact) mass is 486 g/mol. The highest BCUT2D eigenvalue weighted by atomic mass is 35.5. The maximum Gasteiger partial charge on any atom is 0.353 e. The van der Waals surface area contributed by atoms with Crippen LogP contribution in [0.1, 0.15) is 5.69 Å². The number of hydrogen-bond acceptors (Lipinski definition) is 10. The highest BCUT2D eigenvalue weighted by Crippen LogP contribution is 2.33. The summed E-state index contributed by atoms with van der Waals surface area (Å²) in [7, 11) is 3.00. The van der Waals surface area contributed by atoms with Crippen LogP contribution in [-0.2, 0) is 25.6 Å². The van der Waals surface area contributed by atoms with E-state index in [2.05, 4.69) is 10.6 Å². The van der Waals surface area contributed by atoms with Gasteiger partial charge in [-0.3, -0.25) is 4.90 Å². The maximum absolute atomic E-state index is 12.6. The van der Waals surface area contributed by atoms with Crippen molar-refractivity contribution in [2.75, 3.05) is 40.5 Å². The zero-order valence-corrected chi connectivity index (χ0v) is 19.0. The van der Waals surface area contributed by atoms with Crippen molar-refractivity contribution in [1.82, 2.24) is 20.5 Å². The number of carboxylic acid groups (broad SMARTS) is 2. The van der Waals surface area contributed by atoms with Crippen LogP contribution in [0, 0.1) is 0 Å². The van der Waals surface area contributed by atoms with Crippen LogP contribution < -0.4 is 5.43 Å². The second kappa shape index (κ2) is 10.4. The normalized spacial score (nSPS) is 18.7. The fraction of sp³-hybridized carbons (Fsp3) is 0.421. The molecule has 0 spiro atoms. The largest absolute Gasteiger partial charge is 0.479 e. The van der Waals surface area contributed by atoms with E-state index in [1.807, 2.05) is 0 Å². The van der Waals surface area contributed by atoms with Crippen molar-refractivity contribution in [3.05, 3.63) is 40.0 Å². The van der Waals surface area contributed by atoms with Gasteiger partial charge in [0, 0.05) is 33.4 Å². The Hall–Kier alpha value is -2.48. The first-order valence-electron chi connectivity index (χ1n) is 9.50. The van der Waals surface area contributed by atoms with Crippen LogP contribution in [-0.4, -0.2) is 83.4 Å². The number of carbonyl (C=O) groups is 2. The number of thiophene rings is 1. The minimum absolute atomic E-state index is 0.0569. The van der Waals surface area contributed by atoms with Crippen LogP contribution in [0.3, 0.4) is 0 Å². The van der Waals surface area contributed by atoms with E-state index < -0.39 is 17.6 Å². The third kappa shape index (κ3) is 4.95. The molecule has 1 unspecified atom stereocenters. The summed E-state index contributed by atoms with van der Waals surface area (Å²) in [5, 5.41) is 25.1. The minimum Gasteiger partial charge on any atom is -0.479 e. The molecule has 0 radical (unpaired) electrons. The number of nitrogens with one attached hydrogen (secondary N) is 1. The molecule has 11 nitrogen and oxygen atoms in total. The van der Waals surface area contributed by atoms with Crippen molar-refractivity contribution < 1.29 is 33.8 Å². The quantitative estimate of drug-likeness (QED) is 0.404. The van der Waals surface area contributed by atoms with Gasteiger partial charge in [-0.25, -0.2) is 9.59 Å². The molecule has 3 rings (SSSR count). The molecule has 0 bridgehead atoms. The van der Waals surface area contributed by atoms with Gasteiger partial charge in [0.1, 0.15) is 11.4 Å². The Morgan fingerprint density at radius 1 is 1.28 bits per heavy atom. The lowest BCUT2D eigenvalue weighted by molar-refractivity contribution is -0.165. The second-order valence-corrected chi connectivity index (χ2v) is 8.57. The van der Waals surface area contributed by atoms with Gasteiger partial charge in [0.25, 0.3) is 0 Å². The van der Waals surface area contributed by atoms with E-state index in [0.29, 0.717) is 15.8 Å². The highest BCUT2D eigenvalue weighted by molar-refractivity contribution is 7.19. The van der Waals surface area contributed by atoms with Gasteiger partial charge in [-0.1, -0.05) is 16.8 Å². The average Bonchev–Trinajstić information content (AvgIpc) is 3.47. The second-order valence-electron chi connectivity index (χ2n) is 6.85. The molecule has 0 aliphatic carbocycles. The summed E-state index contributed by atoms with van der Waals surface area (Å²) in [5.41, 5.74) is 1.01. The summed E-state index contributed by atoms with van der Waals surface area (Å²) in [6.07, 6.45) is 1.17. The lowest BCUT2D eigenvalue weighted by Gasteiger charge is -2.41. The summed E-state index contributed by atoms with van der Waals surface area (Å²) < 4.78 is 16.2. The lowest BCUT2D eigenvalue weighted by Crippen LogP contribution is -2.65. The third-order valence-electron chi connectivity index (χ3n) is 4.87. The Labute approximate surface area is 192 Å². The first-order valence-corrected chi connectivity index (χ1v) is 10.7. The van der Waals surface area contributed by atoms with Crippen LogP contribution >= 0.6 is 22.9 Å². The van der Waals surface area contributed by atoms with E-state index in [1.54, 1.807) is 23.1 Å². The van der Waals surface area contributed by atoms with Gasteiger partial charge in [0.05, 0.1) is 29.0 Å². The molecule has 174 valence electrons. The fourth-order valence-electron chi connectivity index (χ4n) is 3.35. The van der Waals surface area contributed by atoms with Crippen LogP contribution in [0.2, 0.25) is 4.34 Å². The SMILES string of the molecule is COCCN(CCOC)C1(C(=O)O)C=C(C(=O)O)NN1Cc1cc(-c2ccc(Cl)s2)on1. The molecular formula is C19H23ClN4O7S. The molecule has 0 aromatic carbocycles. The van der Waals surface area contributed by atoms with Gasteiger partial charge in [0.2, 0.25) is 5.66 Å². The standard InChI is InChI=1S/C19H23ClN4O7S/c1-29-7-5-23(6-8-30-2)19(18(27)28)10-13(17(25)26)21-24(19)11-12-9-14(31-22-12)15-3-4-16(20)32-15/h3-4,9-10,21H,5-8,11H2,1-2H3,(H,25,26)(H,27,28). The Balaban J connectivity index is 1.95. The highest BCUT2D eigenvalue weighted by Gasteiger charge is 2.53. The number of hydrazine groups is 1. The number of hydrogen-bond donors (Lipinski definition) is 3. The zero-order chi connectivity index (χ0) is 23.3. The molecule has 32 heavy (non-hydrogen) atoms. The predicted octanol–water partition coefficient (Wildman–Crippen LogP) is 1.72. The number of nitrogens with zero attached hydrogens (tertiary/aromatic N) is 3. The molecule has 1 aliphatic heterocycles. The van der Waals surface area contributed by atoms with Crippen molar-refractivity contribution in [3.63, 3.8) is 0 Å². The van der Waals surface area contributed by atoms with E-state index in [1.165, 1.54) is 36.6 Å². The molecule has 0 amide bonds. The smallest absolute Gasteiger partial charge is 0.353 e. The summed E-state index contributed by atoms with van der Waals surface area (Å²) in [5.74, 6) is -2.08. The van der Waals surface area contributed by atoms with Crippen LogP contribution in [0.25, 0.3) is 10.6 Å². The van der Waals surface area contributed by atoms with E-state index in [-0.39, 0.29) is 38.5 Å². The molecule has 0 saturated heterocycles. The van der Waals surface area contributed by atoms with Gasteiger partial charge < -0.3 is 29.6 Å². The van der Waals surface area contributed by atoms with Gasteiger partial charge in [-0.2, -0.15) is 5.01 Å². The van der Waals surface area contributed by atoms with Crippen molar-refractivity contribution in [2.24, 2.45) is 0 Å². The van der Waals surface area contributed by atoms with Crippen molar-refractivity contribution >= 4 is 34.9 Å². The number of methoxy groups -OCH3 is 2. The number of halogens is 1. The average molecular weight is 487 g/mol. The molecule has 2 aromatic heterocycles. The minimum atomic E-state index is -1.82. The van der Waals surface area contributed by atoms with Gasteiger partial charge in [-0.15, -0.1) is 11.3 Å². The Morgan fingerprint density at radius 3 is 2.50 bits per heavy atom. The van der Waals surface area contributed by atoms with Crippen LogP contribution in [0.15, 0.2) is 34.5 Å². The van der Waals surface area contributed by atoms with Crippen molar-refractivity contribution in [1.29, 1.82) is 0 Å². The van der Waals surface area contributed by atoms with Crippen LogP contribution in [0.4, 0.5) is 0 Å². The van der Waals surface area contributed by atoms with Crippen molar-refractivity contribution in [3.8, 4) is 10.6 Å². The molecule has 0 fully saturated rings. The van der Waals surface area contributed by atoms with E-state index >= 15 is 0 Å². The van der Waals surface area contributed by atoms with E-state index in [4.69, 9.17) is 25.6 Å². The molecule has 3 N–H and O–H groups in total. The van der Waals surface area contributed by atoms with Crippen molar-refractivity contribution in [2.45, 2.75) is 12.2 Å². The van der Waals surface area contributed by atoms with E-state index in [9.17, 15) is 19.8 Å². The Kier molecular flexibility index (Phi) is 7.87. The van der Waals surface area contributed by atoms with Crippen LogP contribution in [0.5, 0.6) is 0 Å². The summed E-state index contributed by atoms with van der Waals surface area (Å²) in [4.78, 5) is 26.6. The Bertz CT molecular complexity index is 986. The zero-order valence-electron chi connectivity index (χ0n) is 17.4. The number of carboxylic acids is 2. The molecular weight excluding hydrogens is 464 g/mol. The lowest BCUT2D eigenvalue weighted by atomic mass is 10.1. The molecule has 2 aromatic rings. The molecule has 13 heteroatoms. The van der Waals surface area contributed by atoms with E-state index in [0.717, 1.165) is 4.88 Å². The van der Waals surface area contributed by atoms with Gasteiger partial charge >= 0.3 is 11.9 Å². The molecule has 0 saturated carbocycles. The fourth-order valence-corrected chi connectivity index (χ4v) is 4.34. The Morgan fingerprint density at radius 2 is 1.97 bits per heavy atom. The number of ether oxygens (including phenoxy) is 2. The molecule has 3 heterocycles. The maximum atomic E-state index is 12.6. The molecule has 1 atom stereocenters. The van der Waals surface area contributed by atoms with Gasteiger partial charge in [-0.05, 0) is 18.2 Å². The third-order valence-corrected chi connectivity index (χ3v) is 6.11. The number of aliphatic carboxylic acids is 2. The molecule has 1 aliphatic rings. The summed E-state index contributed by atoms with van der Waals surface area (Å²) in [6, 6.07) is 5.17. The first-order chi connectivity index (χ1) is 15.3. The topological polar surface area (TPSA) is 138 Å². The summed E-state index contributed by atoms with van der Waals surface area (Å²) in [6.45, 7) is 0.835. The number of rotatable bonds is 12. The predicted molar refractivity (Wildman–Crippen MR) is 115 cm³/mol. The first kappa shape index (κ1) is 24.2. The number of aromatic nitrogens is 1. The van der Waals surface area contributed by atoms with Gasteiger partial charge in [0.15, 0.2) is 5.76 Å². The summed E-state index contributed by atoms with van der Waals surface area (Å²) >= 11 is 7.29.